The lowest BCUT2D eigenvalue weighted by molar-refractivity contribution is 0.543. The number of aromatic nitrogens is 3. The van der Waals surface area contributed by atoms with E-state index in [9.17, 15) is 0 Å². The predicted octanol–water partition coefficient (Wildman–Crippen LogP) is 2.62. The molecule has 0 radical (unpaired) electrons. The number of hydrogen-bond acceptors (Lipinski definition) is 5. The molecule has 1 aliphatic rings. The van der Waals surface area contributed by atoms with Crippen LogP contribution in [0.5, 0.6) is 0 Å². The highest BCUT2D eigenvalue weighted by molar-refractivity contribution is 7.05. The first-order chi connectivity index (χ1) is 9.31. The molecule has 19 heavy (non-hydrogen) atoms. The zero-order valence-electron chi connectivity index (χ0n) is 11.0. The van der Waals surface area contributed by atoms with Crippen LogP contribution < -0.4 is 5.73 Å². The zero-order chi connectivity index (χ0) is 13.2. The Hall–Kier alpha value is -1.33. The Morgan fingerprint density at radius 1 is 1.53 bits per heavy atom. The van der Waals surface area contributed by atoms with E-state index in [1.54, 1.807) is 0 Å². The Bertz CT molecular complexity index is 566. The second-order valence-corrected chi connectivity index (χ2v) is 5.84. The van der Waals surface area contributed by atoms with Crippen molar-refractivity contribution >= 4 is 11.5 Å². The van der Waals surface area contributed by atoms with Crippen LogP contribution >= 0.6 is 11.5 Å². The van der Waals surface area contributed by atoms with E-state index >= 15 is 0 Å². The Kier molecular flexibility index (Phi) is 3.57. The summed E-state index contributed by atoms with van der Waals surface area (Å²) in [6, 6.07) is 4.15. The predicted molar refractivity (Wildman–Crippen MR) is 76.1 cm³/mol. The minimum atomic E-state index is -0.0160. The number of fused-ring (bicyclic) bond motifs is 1. The average Bonchev–Trinajstić information content (AvgIpc) is 3.04. The molecule has 0 amide bonds. The monoisotopic (exact) mass is 274 g/mol. The summed E-state index contributed by atoms with van der Waals surface area (Å²) in [5.41, 5.74) is 10.1. The lowest BCUT2D eigenvalue weighted by Gasteiger charge is -2.18. The van der Waals surface area contributed by atoms with E-state index in [0.717, 1.165) is 36.3 Å². The molecule has 100 valence electrons. The van der Waals surface area contributed by atoms with Gasteiger partial charge in [0.15, 0.2) is 0 Å². The normalized spacial score (nSPS) is 19.4. The smallest absolute Gasteiger partial charge is 0.0803 e. The first-order valence-electron chi connectivity index (χ1n) is 6.81. The Labute approximate surface area is 117 Å². The lowest BCUT2D eigenvalue weighted by atomic mass is 9.95. The maximum atomic E-state index is 6.48. The number of pyridine rings is 1. The van der Waals surface area contributed by atoms with Gasteiger partial charge in [0.25, 0.3) is 0 Å². The fraction of sp³-hybridized carbons (Fsp3) is 0.500. The minimum absolute atomic E-state index is 0.0160. The van der Waals surface area contributed by atoms with E-state index in [1.807, 2.05) is 12.3 Å². The van der Waals surface area contributed by atoms with Gasteiger partial charge in [0.2, 0.25) is 0 Å². The van der Waals surface area contributed by atoms with Gasteiger partial charge in [-0.3, -0.25) is 4.98 Å². The number of nitrogens with zero attached hydrogens (tertiary/aromatic N) is 3. The molecule has 5 heteroatoms. The third kappa shape index (κ3) is 2.28. The van der Waals surface area contributed by atoms with Crippen molar-refractivity contribution in [1.82, 2.24) is 14.6 Å². The van der Waals surface area contributed by atoms with E-state index in [4.69, 9.17) is 5.73 Å². The Morgan fingerprint density at radius 2 is 2.42 bits per heavy atom. The maximum Gasteiger partial charge on any atom is 0.0803 e. The third-order valence-electron chi connectivity index (χ3n) is 3.81. The van der Waals surface area contributed by atoms with Crippen molar-refractivity contribution in [1.29, 1.82) is 0 Å². The molecule has 2 unspecified atom stereocenters. The van der Waals surface area contributed by atoms with Crippen molar-refractivity contribution in [2.45, 2.75) is 44.6 Å². The van der Waals surface area contributed by atoms with Crippen LogP contribution in [0, 0.1) is 0 Å². The first kappa shape index (κ1) is 12.7. The van der Waals surface area contributed by atoms with Crippen molar-refractivity contribution < 1.29 is 0 Å². The molecule has 0 aliphatic heterocycles. The standard InChI is InChI=1S/C14H18N4S/c1-2-4-11-14(19-18-17-11)12(15)10-7-6-9-5-3-8-16-13(9)10/h3,5,8,10,12H,2,4,6-7,15H2,1H3. The number of aryl methyl sites for hydroxylation is 2. The molecule has 2 atom stereocenters. The summed E-state index contributed by atoms with van der Waals surface area (Å²) in [5.74, 6) is 0.314. The van der Waals surface area contributed by atoms with Crippen LogP contribution in [0.1, 0.15) is 53.6 Å². The number of hydrogen-bond donors (Lipinski definition) is 1. The van der Waals surface area contributed by atoms with E-state index < -0.39 is 0 Å². The quantitative estimate of drug-likeness (QED) is 0.930. The molecule has 0 aromatic carbocycles. The van der Waals surface area contributed by atoms with Gasteiger partial charge in [-0.25, -0.2) is 0 Å². The molecule has 1 aliphatic carbocycles. The van der Waals surface area contributed by atoms with Gasteiger partial charge in [-0.2, -0.15) is 0 Å². The Morgan fingerprint density at radius 3 is 3.26 bits per heavy atom. The van der Waals surface area contributed by atoms with Crippen LogP contribution in [0.25, 0.3) is 0 Å². The summed E-state index contributed by atoms with van der Waals surface area (Å²) in [6.45, 7) is 2.15. The second-order valence-electron chi connectivity index (χ2n) is 5.05. The molecule has 2 N–H and O–H groups in total. The van der Waals surface area contributed by atoms with Crippen LogP contribution in [0.4, 0.5) is 0 Å². The summed E-state index contributed by atoms with van der Waals surface area (Å²) < 4.78 is 4.08. The molecule has 2 heterocycles. The molecule has 3 rings (SSSR count). The number of rotatable bonds is 4. The van der Waals surface area contributed by atoms with E-state index in [0.29, 0.717) is 5.92 Å². The van der Waals surface area contributed by atoms with E-state index in [2.05, 4.69) is 27.6 Å². The summed E-state index contributed by atoms with van der Waals surface area (Å²) in [5, 5.41) is 4.22. The molecular formula is C14H18N4S. The van der Waals surface area contributed by atoms with E-state index in [1.165, 1.54) is 22.8 Å². The highest BCUT2D eigenvalue weighted by Gasteiger charge is 2.32. The minimum Gasteiger partial charge on any atom is -0.323 e. The molecule has 0 saturated heterocycles. The maximum absolute atomic E-state index is 6.48. The molecule has 0 bridgehead atoms. The largest absolute Gasteiger partial charge is 0.323 e. The van der Waals surface area contributed by atoms with Crippen molar-refractivity contribution in [3.8, 4) is 0 Å². The summed E-state index contributed by atoms with van der Waals surface area (Å²) in [7, 11) is 0. The van der Waals surface area contributed by atoms with Gasteiger partial charge in [0.1, 0.15) is 0 Å². The van der Waals surface area contributed by atoms with Crippen LogP contribution in [-0.2, 0) is 12.8 Å². The molecule has 2 aromatic rings. The SMILES string of the molecule is CCCc1nnsc1C(N)C1CCc2cccnc21. The van der Waals surface area contributed by atoms with Crippen molar-refractivity contribution in [3.05, 3.63) is 40.2 Å². The fourth-order valence-corrected chi connectivity index (χ4v) is 3.62. The van der Waals surface area contributed by atoms with Crippen molar-refractivity contribution in [2.24, 2.45) is 5.73 Å². The van der Waals surface area contributed by atoms with Crippen molar-refractivity contribution in [3.63, 3.8) is 0 Å². The molecule has 0 saturated carbocycles. The van der Waals surface area contributed by atoms with Crippen LogP contribution in [0.2, 0.25) is 0 Å². The zero-order valence-corrected chi connectivity index (χ0v) is 11.9. The topological polar surface area (TPSA) is 64.7 Å². The number of nitrogens with two attached hydrogens (primary N) is 1. The molecular weight excluding hydrogens is 256 g/mol. The van der Waals surface area contributed by atoms with Gasteiger partial charge in [-0.05, 0) is 42.4 Å². The van der Waals surface area contributed by atoms with Gasteiger partial charge in [-0.1, -0.05) is 23.9 Å². The van der Waals surface area contributed by atoms with Crippen LogP contribution in [0.15, 0.2) is 18.3 Å². The second kappa shape index (κ2) is 5.35. The molecule has 0 spiro atoms. The average molecular weight is 274 g/mol. The Balaban J connectivity index is 1.89. The first-order valence-corrected chi connectivity index (χ1v) is 7.59. The molecule has 2 aromatic heterocycles. The third-order valence-corrected chi connectivity index (χ3v) is 4.68. The highest BCUT2D eigenvalue weighted by Crippen LogP contribution is 2.40. The summed E-state index contributed by atoms with van der Waals surface area (Å²) >= 11 is 1.45. The van der Waals surface area contributed by atoms with Gasteiger partial charge >= 0.3 is 0 Å². The molecule has 0 fully saturated rings. The van der Waals surface area contributed by atoms with Gasteiger partial charge in [0.05, 0.1) is 16.6 Å². The lowest BCUT2D eigenvalue weighted by Crippen LogP contribution is -2.19. The van der Waals surface area contributed by atoms with Gasteiger partial charge in [-0.15, -0.1) is 5.10 Å². The van der Waals surface area contributed by atoms with Crippen molar-refractivity contribution in [2.75, 3.05) is 0 Å². The van der Waals surface area contributed by atoms with E-state index in [-0.39, 0.29) is 6.04 Å². The van der Waals surface area contributed by atoms with Gasteiger partial charge < -0.3 is 5.73 Å². The summed E-state index contributed by atoms with van der Waals surface area (Å²) in [4.78, 5) is 5.67. The van der Waals surface area contributed by atoms with Gasteiger partial charge in [0, 0.05) is 17.8 Å². The fourth-order valence-electron chi connectivity index (χ4n) is 2.86. The molecule has 4 nitrogen and oxygen atoms in total. The summed E-state index contributed by atoms with van der Waals surface area (Å²) in [6.07, 6.45) is 6.06. The highest BCUT2D eigenvalue weighted by atomic mass is 32.1. The van der Waals surface area contributed by atoms with Crippen LogP contribution in [-0.4, -0.2) is 14.6 Å². The van der Waals surface area contributed by atoms with Crippen LogP contribution in [0.3, 0.4) is 0 Å².